The molecule has 0 aromatic rings. The number of nitrogens with two attached hydrogens (primary N) is 1. The van der Waals surface area contributed by atoms with E-state index in [1.54, 1.807) is 0 Å². The molecule has 1 saturated carbocycles. The molecule has 0 aromatic heterocycles. The average molecular weight is 318 g/mol. The fourth-order valence-electron chi connectivity index (χ4n) is 3.62. The number of carbonyl (C=O) groups excluding carboxylic acids is 1. The minimum atomic E-state index is 0. The van der Waals surface area contributed by atoms with Gasteiger partial charge in [0.1, 0.15) is 0 Å². The van der Waals surface area contributed by atoms with Crippen LogP contribution in [-0.4, -0.2) is 42.5 Å². The number of hydrogen-bond acceptors (Lipinski definition) is 3. The van der Waals surface area contributed by atoms with Crippen molar-refractivity contribution < 1.29 is 4.79 Å². The summed E-state index contributed by atoms with van der Waals surface area (Å²) in [5.41, 5.74) is 5.95. The Morgan fingerprint density at radius 3 is 2.43 bits per heavy atom. The van der Waals surface area contributed by atoms with Gasteiger partial charge in [0, 0.05) is 12.1 Å². The summed E-state index contributed by atoms with van der Waals surface area (Å²) in [6.07, 6.45) is 7.24. The molecule has 0 aromatic carbocycles. The van der Waals surface area contributed by atoms with Crippen LogP contribution in [0.25, 0.3) is 0 Å². The summed E-state index contributed by atoms with van der Waals surface area (Å²) in [4.78, 5) is 14.4. The molecule has 0 bridgehead atoms. The lowest BCUT2D eigenvalue weighted by atomic mass is 9.86. The second-order valence-electron chi connectivity index (χ2n) is 6.91. The van der Waals surface area contributed by atoms with Gasteiger partial charge in [0.25, 0.3) is 0 Å². The number of likely N-dealkylation sites (tertiary alicyclic amines) is 1. The minimum absolute atomic E-state index is 0. The molecule has 1 amide bonds. The van der Waals surface area contributed by atoms with Gasteiger partial charge in [-0.05, 0) is 57.5 Å². The Morgan fingerprint density at radius 1 is 1.24 bits per heavy atom. The number of piperidine rings is 1. The van der Waals surface area contributed by atoms with E-state index in [0.29, 0.717) is 24.4 Å². The normalized spacial score (nSPS) is 29.5. The van der Waals surface area contributed by atoms with Crippen molar-refractivity contribution in [1.29, 1.82) is 0 Å². The van der Waals surface area contributed by atoms with Gasteiger partial charge in [0.2, 0.25) is 5.91 Å². The third-order valence-corrected chi connectivity index (χ3v) is 5.20. The molecule has 1 saturated heterocycles. The zero-order valence-electron chi connectivity index (χ0n) is 13.5. The van der Waals surface area contributed by atoms with E-state index in [-0.39, 0.29) is 24.4 Å². The zero-order valence-corrected chi connectivity index (χ0v) is 14.3. The first-order valence-electron chi connectivity index (χ1n) is 8.33. The molecule has 4 nitrogen and oxygen atoms in total. The number of rotatable bonds is 4. The van der Waals surface area contributed by atoms with Gasteiger partial charge in [-0.15, -0.1) is 12.4 Å². The van der Waals surface area contributed by atoms with E-state index in [1.165, 1.54) is 19.3 Å². The fourth-order valence-corrected chi connectivity index (χ4v) is 3.62. The van der Waals surface area contributed by atoms with Gasteiger partial charge in [-0.2, -0.15) is 0 Å². The lowest BCUT2D eigenvalue weighted by Gasteiger charge is -2.34. The molecule has 2 rings (SSSR count). The summed E-state index contributed by atoms with van der Waals surface area (Å²) >= 11 is 0. The Bertz CT molecular complexity index is 317. The first kappa shape index (κ1) is 18.7. The molecule has 3 atom stereocenters. The minimum Gasteiger partial charge on any atom is -0.352 e. The maximum atomic E-state index is 12.2. The van der Waals surface area contributed by atoms with E-state index in [9.17, 15) is 4.79 Å². The van der Waals surface area contributed by atoms with Crippen molar-refractivity contribution in [3.05, 3.63) is 0 Å². The van der Waals surface area contributed by atoms with Gasteiger partial charge >= 0.3 is 0 Å². The molecule has 5 heteroatoms. The molecule has 2 fully saturated rings. The highest BCUT2D eigenvalue weighted by Gasteiger charge is 2.26. The molecule has 124 valence electrons. The van der Waals surface area contributed by atoms with Crippen LogP contribution in [0, 0.1) is 11.8 Å². The van der Waals surface area contributed by atoms with Crippen LogP contribution in [0.1, 0.15) is 52.4 Å². The predicted octanol–water partition coefficient (Wildman–Crippen LogP) is 2.16. The molecule has 21 heavy (non-hydrogen) atoms. The summed E-state index contributed by atoms with van der Waals surface area (Å²) in [5, 5.41) is 3.24. The fraction of sp³-hybridized carbons (Fsp3) is 0.938. The van der Waals surface area contributed by atoms with Gasteiger partial charge in [0.05, 0.1) is 6.54 Å². The second kappa shape index (κ2) is 8.96. The van der Waals surface area contributed by atoms with Gasteiger partial charge in [-0.1, -0.05) is 19.8 Å². The molecule has 2 aliphatic rings. The quantitative estimate of drug-likeness (QED) is 0.835. The number of carbonyl (C=O) groups is 1. The number of nitrogens with one attached hydrogen (secondary N) is 1. The summed E-state index contributed by atoms with van der Waals surface area (Å²) in [6.45, 7) is 6.95. The Balaban J connectivity index is 0.00000220. The summed E-state index contributed by atoms with van der Waals surface area (Å²) in [7, 11) is 0. The third kappa shape index (κ3) is 5.76. The summed E-state index contributed by atoms with van der Waals surface area (Å²) < 4.78 is 0. The van der Waals surface area contributed by atoms with E-state index in [2.05, 4.69) is 24.1 Å². The first-order chi connectivity index (χ1) is 9.56. The maximum absolute atomic E-state index is 12.2. The predicted molar refractivity (Wildman–Crippen MR) is 89.6 cm³/mol. The van der Waals surface area contributed by atoms with Crippen LogP contribution in [0.3, 0.4) is 0 Å². The van der Waals surface area contributed by atoms with Crippen LogP contribution in [0.15, 0.2) is 0 Å². The summed E-state index contributed by atoms with van der Waals surface area (Å²) in [6, 6.07) is 0.687. The third-order valence-electron chi connectivity index (χ3n) is 5.20. The van der Waals surface area contributed by atoms with E-state index in [1.807, 2.05) is 0 Å². The van der Waals surface area contributed by atoms with Gasteiger partial charge < -0.3 is 11.1 Å². The lowest BCUT2D eigenvalue weighted by molar-refractivity contribution is -0.123. The second-order valence-corrected chi connectivity index (χ2v) is 6.91. The summed E-state index contributed by atoms with van der Waals surface area (Å²) in [5.74, 6) is 1.48. The van der Waals surface area contributed by atoms with Crippen LogP contribution in [-0.2, 0) is 4.79 Å². The molecular weight excluding hydrogens is 286 g/mol. The van der Waals surface area contributed by atoms with Gasteiger partial charge in [0.15, 0.2) is 0 Å². The Hall–Kier alpha value is -0.320. The largest absolute Gasteiger partial charge is 0.352 e. The molecule has 1 heterocycles. The lowest BCUT2D eigenvalue weighted by Crippen LogP contribution is -2.48. The van der Waals surface area contributed by atoms with Crippen molar-refractivity contribution in [2.75, 3.05) is 19.6 Å². The Kier molecular flexibility index (Phi) is 7.99. The monoisotopic (exact) mass is 317 g/mol. The van der Waals surface area contributed by atoms with Gasteiger partial charge in [-0.25, -0.2) is 0 Å². The van der Waals surface area contributed by atoms with Crippen molar-refractivity contribution in [1.82, 2.24) is 10.2 Å². The molecule has 3 N–H and O–H groups in total. The Labute approximate surface area is 135 Å². The Morgan fingerprint density at radius 2 is 1.86 bits per heavy atom. The molecule has 1 aliphatic heterocycles. The highest BCUT2D eigenvalue weighted by molar-refractivity contribution is 5.85. The topological polar surface area (TPSA) is 58.4 Å². The van der Waals surface area contributed by atoms with E-state index in [0.717, 1.165) is 32.4 Å². The number of amides is 1. The molecule has 1 aliphatic carbocycles. The zero-order chi connectivity index (χ0) is 14.5. The van der Waals surface area contributed by atoms with Crippen molar-refractivity contribution in [3.63, 3.8) is 0 Å². The van der Waals surface area contributed by atoms with Crippen LogP contribution >= 0.6 is 12.4 Å². The first-order valence-corrected chi connectivity index (χ1v) is 8.33. The van der Waals surface area contributed by atoms with E-state index >= 15 is 0 Å². The number of hydrogen-bond donors (Lipinski definition) is 2. The molecule has 3 unspecified atom stereocenters. The highest BCUT2D eigenvalue weighted by atomic mass is 35.5. The van der Waals surface area contributed by atoms with E-state index in [4.69, 9.17) is 5.73 Å². The average Bonchev–Trinajstić information content (AvgIpc) is 2.42. The SMILES string of the molecule is CC(N)C1CCN(CC(=O)NC2CCCCC2C)CC1.Cl. The smallest absolute Gasteiger partial charge is 0.234 e. The number of halogens is 1. The standard InChI is InChI=1S/C16H31N3O.ClH/c1-12-5-3-4-6-15(12)18-16(20)11-19-9-7-14(8-10-19)13(2)17;/h12-15H,3-11,17H2,1-2H3,(H,18,20);1H. The van der Waals surface area contributed by atoms with E-state index < -0.39 is 0 Å². The van der Waals surface area contributed by atoms with Crippen molar-refractivity contribution in [3.8, 4) is 0 Å². The van der Waals surface area contributed by atoms with Crippen LogP contribution in [0.5, 0.6) is 0 Å². The number of nitrogens with zero attached hydrogens (tertiary/aromatic N) is 1. The molecular formula is C16H32ClN3O. The van der Waals surface area contributed by atoms with Gasteiger partial charge in [-0.3, -0.25) is 9.69 Å². The van der Waals surface area contributed by atoms with Crippen LogP contribution < -0.4 is 11.1 Å². The van der Waals surface area contributed by atoms with Crippen LogP contribution in [0.2, 0.25) is 0 Å². The van der Waals surface area contributed by atoms with Crippen molar-refractivity contribution >= 4 is 18.3 Å². The highest BCUT2D eigenvalue weighted by Crippen LogP contribution is 2.24. The van der Waals surface area contributed by atoms with Crippen molar-refractivity contribution in [2.24, 2.45) is 17.6 Å². The van der Waals surface area contributed by atoms with Crippen molar-refractivity contribution in [2.45, 2.75) is 64.5 Å². The molecule has 0 radical (unpaired) electrons. The molecule has 0 spiro atoms. The van der Waals surface area contributed by atoms with Crippen LogP contribution in [0.4, 0.5) is 0 Å². The maximum Gasteiger partial charge on any atom is 0.234 e.